The molecule has 3 atom stereocenters. The molecule has 1 aromatic heterocycles. The topological polar surface area (TPSA) is 97.9 Å². The Balaban J connectivity index is 1.01. The number of amides is 2. The molecule has 2 fully saturated rings. The van der Waals surface area contributed by atoms with Crippen molar-refractivity contribution in [3.8, 4) is 0 Å². The van der Waals surface area contributed by atoms with Crippen molar-refractivity contribution in [3.63, 3.8) is 0 Å². The minimum atomic E-state index is -0.669. The van der Waals surface area contributed by atoms with Gasteiger partial charge in [-0.15, -0.1) is 0 Å². The Kier molecular flexibility index (Phi) is 6.25. The molecule has 3 N–H and O–H groups in total. The highest BCUT2D eigenvalue weighted by Crippen LogP contribution is 2.30. The predicted molar refractivity (Wildman–Crippen MR) is 136 cm³/mol. The number of hydrogen-bond acceptors (Lipinski definition) is 5. The number of nitrogens with zero attached hydrogens (tertiary/aromatic N) is 2. The van der Waals surface area contributed by atoms with Gasteiger partial charge in [-0.25, -0.2) is 0 Å². The maximum absolute atomic E-state index is 13.0. The van der Waals surface area contributed by atoms with Crippen LogP contribution in [0.1, 0.15) is 44.8 Å². The Morgan fingerprint density at radius 1 is 1.06 bits per heavy atom. The lowest BCUT2D eigenvalue weighted by Gasteiger charge is -2.34. The summed E-state index contributed by atoms with van der Waals surface area (Å²) in [6.07, 6.45) is 2.24. The van der Waals surface area contributed by atoms with E-state index in [1.165, 1.54) is 16.6 Å². The molecule has 0 aliphatic carbocycles. The number of aliphatic hydroxyl groups excluding tert-OH is 1. The van der Waals surface area contributed by atoms with Crippen LogP contribution in [0.25, 0.3) is 10.9 Å². The second-order valence-electron chi connectivity index (χ2n) is 10.2. The number of para-hydroxylation sites is 1. The summed E-state index contributed by atoms with van der Waals surface area (Å²) < 4.78 is 5.57. The molecule has 3 aliphatic rings. The first-order chi connectivity index (χ1) is 17.6. The smallest absolute Gasteiger partial charge is 0.254 e. The highest BCUT2D eigenvalue weighted by molar-refractivity contribution is 5.98. The van der Waals surface area contributed by atoms with E-state index in [2.05, 4.69) is 33.4 Å². The van der Waals surface area contributed by atoms with Crippen molar-refractivity contribution in [2.45, 2.75) is 44.0 Å². The molecule has 0 radical (unpaired) electrons. The average molecular weight is 489 g/mol. The fourth-order valence-electron chi connectivity index (χ4n) is 5.95. The molecule has 4 heterocycles. The molecule has 8 heteroatoms. The second-order valence-corrected chi connectivity index (χ2v) is 10.2. The summed E-state index contributed by atoms with van der Waals surface area (Å²) in [5.74, 6) is -0.246. The van der Waals surface area contributed by atoms with Crippen molar-refractivity contribution >= 4 is 22.7 Å². The van der Waals surface area contributed by atoms with E-state index in [4.69, 9.17) is 4.74 Å². The summed E-state index contributed by atoms with van der Waals surface area (Å²) in [6.45, 7) is 3.50. The van der Waals surface area contributed by atoms with Gasteiger partial charge in [-0.05, 0) is 55.2 Å². The monoisotopic (exact) mass is 488 g/mol. The highest BCUT2D eigenvalue weighted by atomic mass is 16.5. The summed E-state index contributed by atoms with van der Waals surface area (Å²) in [6, 6.07) is 15.5. The number of fused-ring (bicyclic) bond motifs is 5. The zero-order chi connectivity index (χ0) is 24.6. The van der Waals surface area contributed by atoms with Crippen LogP contribution in [0.5, 0.6) is 0 Å². The first kappa shape index (κ1) is 23.2. The zero-order valence-corrected chi connectivity index (χ0v) is 20.3. The molecule has 2 bridgehead atoms. The Labute approximate surface area is 210 Å². The number of nitrogens with one attached hydrogen (secondary N) is 2. The van der Waals surface area contributed by atoms with Crippen LogP contribution >= 0.6 is 0 Å². The molecule has 3 unspecified atom stereocenters. The standard InChI is InChI=1S/C28H32N4O4/c33-22(14-31-12-11-24-23-3-1-2-4-25(23)30-26(24)15-31)13-29-27(34)18-5-7-19(8-6-18)28(35)32-20-9-10-21(32)17-36-16-20/h1-8,20-22,30,33H,9-17H2,(H,29,34). The SMILES string of the molecule is O=C(NCC(O)CN1CCc2c([nH]c3ccccc23)C1)c1ccc(C(=O)N2C3CCC2COC3)cc1. The van der Waals surface area contributed by atoms with E-state index in [9.17, 15) is 14.7 Å². The molecule has 6 rings (SSSR count). The number of hydrogen-bond donors (Lipinski definition) is 3. The zero-order valence-electron chi connectivity index (χ0n) is 20.3. The molecule has 36 heavy (non-hydrogen) atoms. The number of ether oxygens (including phenoxy) is 1. The summed E-state index contributed by atoms with van der Waals surface area (Å²) in [7, 11) is 0. The Morgan fingerprint density at radius 2 is 1.78 bits per heavy atom. The normalized spacial score (nSPS) is 22.4. The number of morpholine rings is 1. The van der Waals surface area contributed by atoms with E-state index in [0.29, 0.717) is 30.9 Å². The van der Waals surface area contributed by atoms with E-state index < -0.39 is 6.10 Å². The van der Waals surface area contributed by atoms with Crippen LogP contribution in [0.15, 0.2) is 48.5 Å². The lowest BCUT2D eigenvalue weighted by Crippen LogP contribution is -2.49. The molecule has 3 aliphatic heterocycles. The molecule has 3 aromatic rings. The molecular weight excluding hydrogens is 456 g/mol. The van der Waals surface area contributed by atoms with Gasteiger partial charge >= 0.3 is 0 Å². The van der Waals surface area contributed by atoms with Crippen LogP contribution in [0.2, 0.25) is 0 Å². The fourth-order valence-corrected chi connectivity index (χ4v) is 5.95. The Bertz CT molecular complexity index is 1250. The quantitative estimate of drug-likeness (QED) is 0.495. The number of carbonyl (C=O) groups is 2. The van der Waals surface area contributed by atoms with Gasteiger partial charge in [0, 0.05) is 53.9 Å². The lowest BCUT2D eigenvalue weighted by atomic mass is 10.0. The van der Waals surface area contributed by atoms with Gasteiger partial charge in [0.15, 0.2) is 0 Å². The van der Waals surface area contributed by atoms with Gasteiger partial charge in [0.1, 0.15) is 0 Å². The van der Waals surface area contributed by atoms with Crippen molar-refractivity contribution in [2.24, 2.45) is 0 Å². The van der Waals surface area contributed by atoms with Gasteiger partial charge in [-0.3, -0.25) is 14.5 Å². The van der Waals surface area contributed by atoms with E-state index in [0.717, 1.165) is 37.9 Å². The van der Waals surface area contributed by atoms with Gasteiger partial charge in [0.05, 0.1) is 31.4 Å². The van der Waals surface area contributed by atoms with Gasteiger partial charge < -0.3 is 25.0 Å². The van der Waals surface area contributed by atoms with Gasteiger partial charge in [0.2, 0.25) is 0 Å². The third-order valence-corrected chi connectivity index (χ3v) is 7.80. The van der Waals surface area contributed by atoms with Crippen molar-refractivity contribution in [1.29, 1.82) is 0 Å². The van der Waals surface area contributed by atoms with Crippen molar-refractivity contribution in [2.75, 3.05) is 32.8 Å². The number of aliphatic hydroxyl groups is 1. The number of H-pyrrole nitrogens is 1. The summed E-state index contributed by atoms with van der Waals surface area (Å²) in [4.78, 5) is 33.3. The number of aromatic amines is 1. The van der Waals surface area contributed by atoms with E-state index >= 15 is 0 Å². The third kappa shape index (κ3) is 4.40. The number of aromatic nitrogens is 1. The molecule has 188 valence electrons. The van der Waals surface area contributed by atoms with E-state index in [1.807, 2.05) is 11.0 Å². The number of rotatable bonds is 6. The van der Waals surface area contributed by atoms with Crippen LogP contribution in [0.3, 0.4) is 0 Å². The van der Waals surface area contributed by atoms with Crippen LogP contribution < -0.4 is 5.32 Å². The molecule has 2 saturated heterocycles. The number of carbonyl (C=O) groups excluding carboxylic acids is 2. The lowest BCUT2D eigenvalue weighted by molar-refractivity contribution is -0.00716. The molecule has 8 nitrogen and oxygen atoms in total. The van der Waals surface area contributed by atoms with Crippen LogP contribution in [-0.2, 0) is 17.7 Å². The largest absolute Gasteiger partial charge is 0.390 e. The Morgan fingerprint density at radius 3 is 2.56 bits per heavy atom. The predicted octanol–water partition coefficient (Wildman–Crippen LogP) is 2.32. The molecular formula is C28H32N4O4. The first-order valence-electron chi connectivity index (χ1n) is 12.8. The minimum absolute atomic E-state index is 0.00725. The summed E-state index contributed by atoms with van der Waals surface area (Å²) >= 11 is 0. The molecule has 0 spiro atoms. The fraction of sp³-hybridized carbons (Fsp3) is 0.429. The van der Waals surface area contributed by atoms with Crippen molar-refractivity contribution in [3.05, 3.63) is 70.9 Å². The van der Waals surface area contributed by atoms with Crippen LogP contribution in [0.4, 0.5) is 0 Å². The summed E-state index contributed by atoms with van der Waals surface area (Å²) in [5, 5.41) is 14.7. The van der Waals surface area contributed by atoms with Gasteiger partial charge in [0.25, 0.3) is 11.8 Å². The molecule has 2 aromatic carbocycles. The molecule has 2 amide bonds. The Hall–Kier alpha value is -3.20. The first-order valence-corrected chi connectivity index (χ1v) is 12.8. The third-order valence-electron chi connectivity index (χ3n) is 7.80. The molecule has 0 saturated carbocycles. The second kappa shape index (κ2) is 9.69. The van der Waals surface area contributed by atoms with Crippen LogP contribution in [-0.4, -0.2) is 82.7 Å². The maximum Gasteiger partial charge on any atom is 0.254 e. The van der Waals surface area contributed by atoms with Crippen molar-refractivity contribution < 1.29 is 19.4 Å². The summed E-state index contributed by atoms with van der Waals surface area (Å²) in [5.41, 5.74) is 4.80. The van der Waals surface area contributed by atoms with E-state index in [-0.39, 0.29) is 30.4 Å². The van der Waals surface area contributed by atoms with Crippen molar-refractivity contribution in [1.82, 2.24) is 20.1 Å². The van der Waals surface area contributed by atoms with Gasteiger partial charge in [-0.2, -0.15) is 0 Å². The number of β-amino-alcohol motifs (C(OH)–C–C–N with tert-alkyl or cyclic N) is 1. The van der Waals surface area contributed by atoms with Gasteiger partial charge in [-0.1, -0.05) is 18.2 Å². The number of benzene rings is 2. The minimum Gasteiger partial charge on any atom is -0.390 e. The van der Waals surface area contributed by atoms with Crippen LogP contribution in [0, 0.1) is 0 Å². The maximum atomic E-state index is 13.0. The van der Waals surface area contributed by atoms with E-state index in [1.54, 1.807) is 24.3 Å². The highest BCUT2D eigenvalue weighted by Gasteiger charge is 2.40. The average Bonchev–Trinajstić information content (AvgIpc) is 3.39.